The largest absolute Gasteiger partial charge is 0.444 e. The van der Waals surface area contributed by atoms with Gasteiger partial charge in [-0.1, -0.05) is 0 Å². The number of carbonyl (C=O) groups excluding carboxylic acids is 1. The second-order valence-electron chi connectivity index (χ2n) is 6.26. The maximum atomic E-state index is 11.9. The van der Waals surface area contributed by atoms with E-state index in [0.29, 0.717) is 39.5 Å². The van der Waals surface area contributed by atoms with Crippen molar-refractivity contribution in [3.63, 3.8) is 0 Å². The molecule has 1 amide bonds. The molecular weight excluding hydrogens is 288 g/mol. The van der Waals surface area contributed by atoms with Gasteiger partial charge < -0.3 is 24.2 Å². The summed E-state index contributed by atoms with van der Waals surface area (Å²) < 4.78 is 15.9. The molecule has 1 N–H and O–H groups in total. The molecule has 1 fully saturated rings. The van der Waals surface area contributed by atoms with Crippen LogP contribution in [0, 0.1) is 0 Å². The highest BCUT2D eigenvalue weighted by Crippen LogP contribution is 2.11. The van der Waals surface area contributed by atoms with E-state index in [4.69, 9.17) is 19.3 Å². The van der Waals surface area contributed by atoms with Crippen molar-refractivity contribution in [2.24, 2.45) is 0 Å². The van der Waals surface area contributed by atoms with Gasteiger partial charge in [-0.25, -0.2) is 4.79 Å². The molecule has 0 aromatic carbocycles. The maximum absolute atomic E-state index is 11.9. The van der Waals surface area contributed by atoms with Crippen molar-refractivity contribution in [1.29, 1.82) is 0 Å². The lowest BCUT2D eigenvalue weighted by molar-refractivity contribution is 0.00649. The van der Waals surface area contributed by atoms with Crippen LogP contribution in [0.5, 0.6) is 0 Å². The molecule has 0 unspecified atom stereocenters. The highest BCUT2D eigenvalue weighted by atomic mass is 16.6. The van der Waals surface area contributed by atoms with Crippen molar-refractivity contribution in [1.82, 2.24) is 9.80 Å². The minimum Gasteiger partial charge on any atom is -0.444 e. The second-order valence-corrected chi connectivity index (χ2v) is 6.26. The number of aliphatic hydroxyl groups excluding tert-OH is 1. The predicted octanol–water partition coefficient (Wildman–Crippen LogP) is 0.565. The highest BCUT2D eigenvalue weighted by molar-refractivity contribution is 5.68. The molecular formula is C15H30N2O5. The Morgan fingerprint density at radius 3 is 2.14 bits per heavy atom. The van der Waals surface area contributed by atoms with Gasteiger partial charge in [0.05, 0.1) is 33.0 Å². The number of hydrogen-bond acceptors (Lipinski definition) is 6. The summed E-state index contributed by atoms with van der Waals surface area (Å²) in [5.41, 5.74) is -0.444. The molecule has 7 heteroatoms. The summed E-state index contributed by atoms with van der Waals surface area (Å²) in [5, 5.41) is 8.55. The van der Waals surface area contributed by atoms with Crippen LogP contribution >= 0.6 is 0 Å². The van der Waals surface area contributed by atoms with Gasteiger partial charge in [-0.05, 0) is 20.8 Å². The van der Waals surface area contributed by atoms with E-state index in [1.807, 2.05) is 20.8 Å². The van der Waals surface area contributed by atoms with Crippen molar-refractivity contribution in [3.05, 3.63) is 0 Å². The third-order valence-electron chi connectivity index (χ3n) is 3.18. The average Bonchev–Trinajstić information content (AvgIpc) is 2.45. The number of rotatable bonds is 8. The van der Waals surface area contributed by atoms with Crippen molar-refractivity contribution in [2.45, 2.75) is 26.4 Å². The minimum atomic E-state index is -0.444. The number of amides is 1. The Hall–Kier alpha value is -0.890. The van der Waals surface area contributed by atoms with Crippen molar-refractivity contribution >= 4 is 6.09 Å². The third kappa shape index (κ3) is 8.53. The second kappa shape index (κ2) is 9.99. The van der Waals surface area contributed by atoms with Crippen LogP contribution < -0.4 is 0 Å². The molecule has 22 heavy (non-hydrogen) atoms. The third-order valence-corrected chi connectivity index (χ3v) is 3.18. The van der Waals surface area contributed by atoms with Gasteiger partial charge in [-0.15, -0.1) is 0 Å². The molecule has 0 radical (unpaired) electrons. The zero-order chi connectivity index (χ0) is 16.4. The first-order chi connectivity index (χ1) is 10.4. The van der Waals surface area contributed by atoms with E-state index in [-0.39, 0.29) is 12.7 Å². The molecule has 0 aromatic heterocycles. The summed E-state index contributed by atoms with van der Waals surface area (Å²) in [6.45, 7) is 11.6. The van der Waals surface area contributed by atoms with Crippen LogP contribution in [0.2, 0.25) is 0 Å². The van der Waals surface area contributed by atoms with E-state index < -0.39 is 5.60 Å². The highest BCUT2D eigenvalue weighted by Gasteiger charge is 2.25. The zero-order valence-corrected chi connectivity index (χ0v) is 14.0. The fraction of sp³-hybridized carbons (Fsp3) is 0.933. The lowest BCUT2D eigenvalue weighted by Crippen LogP contribution is -2.50. The van der Waals surface area contributed by atoms with Gasteiger partial charge in [0.2, 0.25) is 0 Å². The van der Waals surface area contributed by atoms with Crippen LogP contribution in [-0.4, -0.2) is 92.4 Å². The topological polar surface area (TPSA) is 71.5 Å². The van der Waals surface area contributed by atoms with Crippen LogP contribution in [0.15, 0.2) is 0 Å². The zero-order valence-electron chi connectivity index (χ0n) is 14.0. The minimum absolute atomic E-state index is 0.0436. The standard InChI is InChI=1S/C15H30N2O5/c1-15(2,3)22-14(19)17-6-4-16(5-7-17)8-10-20-12-13-21-11-9-18/h18H,4-13H2,1-3H3. The smallest absolute Gasteiger partial charge is 0.410 e. The van der Waals surface area contributed by atoms with Gasteiger partial charge in [0.15, 0.2) is 0 Å². The van der Waals surface area contributed by atoms with E-state index >= 15 is 0 Å². The molecule has 1 aliphatic rings. The van der Waals surface area contributed by atoms with E-state index in [9.17, 15) is 4.79 Å². The van der Waals surface area contributed by atoms with Gasteiger partial charge in [-0.3, -0.25) is 4.90 Å². The maximum Gasteiger partial charge on any atom is 0.410 e. The van der Waals surface area contributed by atoms with E-state index in [0.717, 1.165) is 19.6 Å². The summed E-state index contributed by atoms with van der Waals surface area (Å²) in [4.78, 5) is 16.0. The molecule has 1 heterocycles. The molecule has 1 saturated heterocycles. The van der Waals surface area contributed by atoms with Crippen molar-refractivity contribution in [3.8, 4) is 0 Å². The van der Waals surface area contributed by atoms with Crippen molar-refractivity contribution in [2.75, 3.05) is 65.8 Å². The Morgan fingerprint density at radius 1 is 1.00 bits per heavy atom. The molecule has 0 aromatic rings. The fourth-order valence-corrected chi connectivity index (χ4v) is 2.06. The van der Waals surface area contributed by atoms with E-state index in [1.54, 1.807) is 4.90 Å². The van der Waals surface area contributed by atoms with Gasteiger partial charge in [0, 0.05) is 32.7 Å². The van der Waals surface area contributed by atoms with Gasteiger partial charge in [-0.2, -0.15) is 0 Å². The molecule has 130 valence electrons. The molecule has 1 aliphatic heterocycles. The molecule has 1 rings (SSSR count). The Bertz CT molecular complexity index is 312. The number of piperazine rings is 1. The quantitative estimate of drug-likeness (QED) is 0.660. The van der Waals surface area contributed by atoms with Crippen LogP contribution in [0.1, 0.15) is 20.8 Å². The first-order valence-electron chi connectivity index (χ1n) is 7.89. The SMILES string of the molecule is CC(C)(C)OC(=O)N1CCN(CCOCCOCCO)CC1. The summed E-state index contributed by atoms with van der Waals surface area (Å²) in [6, 6.07) is 0. The van der Waals surface area contributed by atoms with Gasteiger partial charge >= 0.3 is 6.09 Å². The molecule has 0 bridgehead atoms. The summed E-state index contributed by atoms with van der Waals surface area (Å²) in [5.74, 6) is 0. The van der Waals surface area contributed by atoms with E-state index in [2.05, 4.69) is 4.90 Å². The Morgan fingerprint density at radius 2 is 1.59 bits per heavy atom. The van der Waals surface area contributed by atoms with Crippen LogP contribution in [0.4, 0.5) is 4.79 Å². The molecule has 0 atom stereocenters. The normalized spacial score (nSPS) is 16.8. The lowest BCUT2D eigenvalue weighted by atomic mass is 10.2. The van der Waals surface area contributed by atoms with Crippen LogP contribution in [-0.2, 0) is 14.2 Å². The van der Waals surface area contributed by atoms with Crippen molar-refractivity contribution < 1.29 is 24.1 Å². The first-order valence-corrected chi connectivity index (χ1v) is 7.89. The van der Waals surface area contributed by atoms with Crippen LogP contribution in [0.3, 0.4) is 0 Å². The average molecular weight is 318 g/mol. The monoisotopic (exact) mass is 318 g/mol. The number of carbonyl (C=O) groups is 1. The molecule has 7 nitrogen and oxygen atoms in total. The number of hydrogen-bond donors (Lipinski definition) is 1. The molecule has 0 aliphatic carbocycles. The fourth-order valence-electron chi connectivity index (χ4n) is 2.06. The number of ether oxygens (including phenoxy) is 3. The van der Waals surface area contributed by atoms with Crippen LogP contribution in [0.25, 0.3) is 0 Å². The summed E-state index contributed by atoms with van der Waals surface area (Å²) in [7, 11) is 0. The van der Waals surface area contributed by atoms with Gasteiger partial charge in [0.1, 0.15) is 5.60 Å². The molecule has 0 saturated carbocycles. The number of nitrogens with zero attached hydrogens (tertiary/aromatic N) is 2. The first kappa shape index (κ1) is 19.2. The summed E-state index contributed by atoms with van der Waals surface area (Å²) >= 11 is 0. The molecule has 0 spiro atoms. The Kier molecular flexibility index (Phi) is 8.70. The van der Waals surface area contributed by atoms with Gasteiger partial charge in [0.25, 0.3) is 0 Å². The summed E-state index contributed by atoms with van der Waals surface area (Å²) in [6.07, 6.45) is -0.232. The number of aliphatic hydroxyl groups is 1. The lowest BCUT2D eigenvalue weighted by Gasteiger charge is -2.35. The van der Waals surface area contributed by atoms with E-state index in [1.165, 1.54) is 0 Å². The Labute approximate surface area is 133 Å². The predicted molar refractivity (Wildman–Crippen MR) is 83.0 cm³/mol. The Balaban J connectivity index is 2.06.